The van der Waals surface area contributed by atoms with Crippen molar-refractivity contribution in [3.63, 3.8) is 0 Å². The van der Waals surface area contributed by atoms with Gasteiger partial charge in [0.05, 0.1) is 7.11 Å². The number of pyridine rings is 1. The quantitative estimate of drug-likeness (QED) is 0.435. The molecule has 0 aliphatic carbocycles. The lowest BCUT2D eigenvalue weighted by molar-refractivity contribution is -0.137. The molecule has 1 aliphatic heterocycles. The van der Waals surface area contributed by atoms with Crippen molar-refractivity contribution in [2.75, 3.05) is 13.7 Å². The number of benzene rings is 2. The molecule has 3 aromatic rings. The standard InChI is InChI=1S/C29H30FN3O4/c1-36-26-12-10-22(17-27(26)37-20-23-7-5-14-31-18-23)19-33(25-9-2-3-15-32-29(25)35)28(34)13-11-21-6-4-8-24(30)16-21/h4-8,10-14,16-18,25H,2-3,9,15,19-20H2,1H3,(H,32,35)/b13-11+/t25-/m0/s1. The molecule has 0 radical (unpaired) electrons. The summed E-state index contributed by atoms with van der Waals surface area (Å²) in [6, 6.07) is 14.6. The summed E-state index contributed by atoms with van der Waals surface area (Å²) < 4.78 is 25.1. The molecule has 4 rings (SSSR count). The largest absolute Gasteiger partial charge is 0.493 e. The predicted molar refractivity (Wildman–Crippen MR) is 138 cm³/mol. The Labute approximate surface area is 215 Å². The number of nitrogens with zero attached hydrogens (tertiary/aromatic N) is 2. The van der Waals surface area contributed by atoms with Crippen LogP contribution in [0.2, 0.25) is 0 Å². The van der Waals surface area contributed by atoms with E-state index in [4.69, 9.17) is 9.47 Å². The molecular weight excluding hydrogens is 473 g/mol. The summed E-state index contributed by atoms with van der Waals surface area (Å²) in [7, 11) is 1.56. The molecule has 2 aromatic carbocycles. The average Bonchev–Trinajstić information content (AvgIpc) is 3.14. The normalized spacial score (nSPS) is 15.6. The zero-order valence-electron chi connectivity index (χ0n) is 20.7. The number of carbonyl (C=O) groups is 2. The van der Waals surface area contributed by atoms with Crippen LogP contribution in [0.1, 0.15) is 36.0 Å². The summed E-state index contributed by atoms with van der Waals surface area (Å²) in [5.74, 6) is 0.193. The summed E-state index contributed by atoms with van der Waals surface area (Å²) in [5, 5.41) is 2.91. The van der Waals surface area contributed by atoms with Gasteiger partial charge in [0.15, 0.2) is 11.5 Å². The highest BCUT2D eigenvalue weighted by molar-refractivity contribution is 5.95. The van der Waals surface area contributed by atoms with E-state index < -0.39 is 6.04 Å². The molecule has 7 nitrogen and oxygen atoms in total. The minimum Gasteiger partial charge on any atom is -0.493 e. The minimum atomic E-state index is -0.617. The minimum absolute atomic E-state index is 0.174. The van der Waals surface area contributed by atoms with Crippen molar-refractivity contribution in [2.24, 2.45) is 0 Å². The van der Waals surface area contributed by atoms with Gasteiger partial charge in [-0.05, 0) is 66.8 Å². The van der Waals surface area contributed by atoms with E-state index in [9.17, 15) is 14.0 Å². The first-order valence-corrected chi connectivity index (χ1v) is 12.2. The van der Waals surface area contributed by atoms with Crippen LogP contribution in [0.25, 0.3) is 6.08 Å². The molecule has 0 spiro atoms. The van der Waals surface area contributed by atoms with Gasteiger partial charge in [-0.15, -0.1) is 0 Å². The highest BCUT2D eigenvalue weighted by Crippen LogP contribution is 2.30. The Balaban J connectivity index is 1.58. The molecule has 1 fully saturated rings. The third-order valence-corrected chi connectivity index (χ3v) is 6.13. The molecule has 8 heteroatoms. The van der Waals surface area contributed by atoms with Crippen LogP contribution >= 0.6 is 0 Å². The Morgan fingerprint density at radius 3 is 2.81 bits per heavy atom. The zero-order chi connectivity index (χ0) is 26.0. The Bertz CT molecular complexity index is 1250. The van der Waals surface area contributed by atoms with Crippen LogP contribution in [0.3, 0.4) is 0 Å². The van der Waals surface area contributed by atoms with Gasteiger partial charge in [0.2, 0.25) is 11.8 Å². The number of rotatable bonds is 9. The topological polar surface area (TPSA) is 80.8 Å². The molecule has 2 amide bonds. The van der Waals surface area contributed by atoms with Crippen LogP contribution in [0.15, 0.2) is 73.1 Å². The summed E-state index contributed by atoms with van der Waals surface area (Å²) >= 11 is 0. The fourth-order valence-electron chi connectivity index (χ4n) is 4.21. The van der Waals surface area contributed by atoms with Crippen molar-refractivity contribution in [3.05, 3.63) is 95.6 Å². The molecule has 0 bridgehead atoms. The number of carbonyl (C=O) groups excluding carboxylic acids is 2. The highest BCUT2D eigenvalue weighted by Gasteiger charge is 2.30. The van der Waals surface area contributed by atoms with Crippen LogP contribution in [0.4, 0.5) is 4.39 Å². The van der Waals surface area contributed by atoms with E-state index in [-0.39, 0.29) is 24.2 Å². The number of halogens is 1. The summed E-state index contributed by atoms with van der Waals surface area (Å²) in [6.45, 7) is 1.08. The third kappa shape index (κ3) is 7.16. The average molecular weight is 504 g/mol. The monoisotopic (exact) mass is 503 g/mol. The number of nitrogens with one attached hydrogen (secondary N) is 1. The van der Waals surface area contributed by atoms with E-state index in [1.54, 1.807) is 48.7 Å². The molecular formula is C29H30FN3O4. The number of ether oxygens (including phenoxy) is 2. The number of methoxy groups -OCH3 is 1. The molecule has 1 atom stereocenters. The molecule has 1 saturated heterocycles. The van der Waals surface area contributed by atoms with Crippen molar-refractivity contribution in [3.8, 4) is 11.5 Å². The molecule has 192 valence electrons. The molecule has 2 heterocycles. The van der Waals surface area contributed by atoms with Gasteiger partial charge in [0.25, 0.3) is 0 Å². The van der Waals surface area contributed by atoms with Gasteiger partial charge in [-0.25, -0.2) is 4.39 Å². The lowest BCUT2D eigenvalue weighted by Gasteiger charge is -2.29. The second kappa shape index (κ2) is 12.7. The van der Waals surface area contributed by atoms with Crippen LogP contribution in [0, 0.1) is 5.82 Å². The highest BCUT2D eigenvalue weighted by atomic mass is 19.1. The third-order valence-electron chi connectivity index (χ3n) is 6.13. The Hall–Kier alpha value is -4.20. The van der Waals surface area contributed by atoms with Gasteiger partial charge in [-0.2, -0.15) is 0 Å². The van der Waals surface area contributed by atoms with Crippen molar-refractivity contribution in [1.82, 2.24) is 15.2 Å². The van der Waals surface area contributed by atoms with E-state index in [2.05, 4.69) is 10.3 Å². The van der Waals surface area contributed by atoms with E-state index in [1.165, 1.54) is 18.2 Å². The number of aromatic nitrogens is 1. The Morgan fingerprint density at radius 2 is 2.03 bits per heavy atom. The fourth-order valence-corrected chi connectivity index (χ4v) is 4.21. The summed E-state index contributed by atoms with van der Waals surface area (Å²) in [5.41, 5.74) is 2.25. The van der Waals surface area contributed by atoms with Crippen molar-refractivity contribution < 1.29 is 23.5 Å². The SMILES string of the molecule is COc1ccc(CN(C(=O)/C=C/c2cccc(F)c2)[C@H]2CCCCNC2=O)cc1OCc1cccnc1. The van der Waals surface area contributed by atoms with Gasteiger partial charge in [-0.3, -0.25) is 14.6 Å². The lowest BCUT2D eigenvalue weighted by Crippen LogP contribution is -2.47. The second-order valence-electron chi connectivity index (χ2n) is 8.79. The van der Waals surface area contributed by atoms with Crippen molar-refractivity contribution in [2.45, 2.75) is 38.5 Å². The van der Waals surface area contributed by atoms with Crippen molar-refractivity contribution in [1.29, 1.82) is 0 Å². The van der Waals surface area contributed by atoms with Crippen molar-refractivity contribution >= 4 is 17.9 Å². The predicted octanol–water partition coefficient (Wildman–Crippen LogP) is 4.52. The smallest absolute Gasteiger partial charge is 0.247 e. The van der Waals surface area contributed by atoms with Crippen LogP contribution in [-0.2, 0) is 22.7 Å². The lowest BCUT2D eigenvalue weighted by atomic mass is 10.1. The van der Waals surface area contributed by atoms with Gasteiger partial charge < -0.3 is 19.7 Å². The zero-order valence-corrected chi connectivity index (χ0v) is 20.7. The molecule has 0 unspecified atom stereocenters. The molecule has 1 N–H and O–H groups in total. The Kier molecular flexibility index (Phi) is 8.86. The van der Waals surface area contributed by atoms with Crippen LogP contribution in [-0.4, -0.2) is 41.4 Å². The van der Waals surface area contributed by atoms with E-state index in [0.29, 0.717) is 36.6 Å². The van der Waals surface area contributed by atoms with E-state index in [0.717, 1.165) is 24.0 Å². The summed E-state index contributed by atoms with van der Waals surface area (Å²) in [4.78, 5) is 31.9. The number of amides is 2. The molecule has 37 heavy (non-hydrogen) atoms. The first kappa shape index (κ1) is 25.9. The van der Waals surface area contributed by atoms with Gasteiger partial charge in [0, 0.05) is 37.1 Å². The fraction of sp³-hybridized carbons (Fsp3) is 0.276. The molecule has 1 aromatic heterocycles. The van der Waals surface area contributed by atoms with Gasteiger partial charge in [0.1, 0.15) is 18.5 Å². The Morgan fingerprint density at radius 1 is 1.14 bits per heavy atom. The van der Waals surface area contributed by atoms with Crippen LogP contribution in [0.5, 0.6) is 11.5 Å². The van der Waals surface area contributed by atoms with E-state index >= 15 is 0 Å². The number of hydrogen-bond donors (Lipinski definition) is 1. The maximum Gasteiger partial charge on any atom is 0.247 e. The first-order chi connectivity index (χ1) is 18.0. The van der Waals surface area contributed by atoms with Gasteiger partial charge in [-0.1, -0.05) is 24.3 Å². The van der Waals surface area contributed by atoms with Crippen LogP contribution < -0.4 is 14.8 Å². The maximum absolute atomic E-state index is 13.6. The molecule has 1 aliphatic rings. The first-order valence-electron chi connectivity index (χ1n) is 12.2. The number of hydrogen-bond acceptors (Lipinski definition) is 5. The molecule has 0 saturated carbocycles. The second-order valence-corrected chi connectivity index (χ2v) is 8.79. The maximum atomic E-state index is 13.6. The van der Waals surface area contributed by atoms with Gasteiger partial charge >= 0.3 is 0 Å². The summed E-state index contributed by atoms with van der Waals surface area (Å²) in [6.07, 6.45) is 8.61. The van der Waals surface area contributed by atoms with E-state index in [1.807, 2.05) is 24.3 Å².